The number of hydrogen-bond acceptors (Lipinski definition) is 6. The number of nitrogens with two attached hydrogens (primary N) is 1. The van der Waals surface area contributed by atoms with Crippen LogP contribution in [0.25, 0.3) is 0 Å². The van der Waals surface area contributed by atoms with Gasteiger partial charge in [-0.3, -0.25) is 4.98 Å². The maximum Gasteiger partial charge on any atom is 0.238 e. The predicted molar refractivity (Wildman–Crippen MR) is 110 cm³/mol. The average molecular weight is 377 g/mol. The first kappa shape index (κ1) is 18.6. The van der Waals surface area contributed by atoms with Gasteiger partial charge in [0.1, 0.15) is 5.75 Å². The fourth-order valence-corrected chi connectivity index (χ4v) is 2.76. The van der Waals surface area contributed by atoms with Crippen LogP contribution in [0.4, 0.5) is 0 Å². The van der Waals surface area contributed by atoms with Gasteiger partial charge in [-0.2, -0.15) is 5.10 Å². The summed E-state index contributed by atoms with van der Waals surface area (Å²) < 4.78 is 5.66. The first-order valence-corrected chi connectivity index (χ1v) is 9.27. The Labute approximate surface area is 162 Å². The molecule has 0 saturated carbocycles. The Hall–Kier alpha value is -3.19. The molecular weight excluding hydrogens is 358 g/mol. The van der Waals surface area contributed by atoms with E-state index < -0.39 is 0 Å². The number of nitrogens with zero attached hydrogens (tertiary/aromatic N) is 4. The van der Waals surface area contributed by atoms with Gasteiger partial charge in [0, 0.05) is 11.9 Å². The van der Waals surface area contributed by atoms with Crippen molar-refractivity contribution in [1.82, 2.24) is 9.97 Å². The number of aryl methyl sites for hydroxylation is 1. The lowest BCUT2D eigenvalue weighted by atomic mass is 10.2. The van der Waals surface area contributed by atoms with Crippen molar-refractivity contribution in [2.24, 2.45) is 15.9 Å². The van der Waals surface area contributed by atoms with Crippen LogP contribution in [-0.4, -0.2) is 21.4 Å². The fraction of sp³-hybridized carbons (Fsp3) is 0.100. The van der Waals surface area contributed by atoms with E-state index in [1.54, 1.807) is 18.6 Å². The highest BCUT2D eigenvalue weighted by Gasteiger charge is 2.00. The summed E-state index contributed by atoms with van der Waals surface area (Å²) in [7, 11) is 0. The minimum absolute atomic E-state index is 0.424. The molecule has 2 N–H and O–H groups in total. The lowest BCUT2D eigenvalue weighted by Crippen LogP contribution is -2.05. The van der Waals surface area contributed by atoms with Crippen LogP contribution in [0.2, 0.25) is 0 Å². The number of hydrogen-bond donors (Lipinski definition) is 1. The third-order valence-corrected chi connectivity index (χ3v) is 4.28. The summed E-state index contributed by atoms with van der Waals surface area (Å²) in [4.78, 5) is 8.31. The van der Waals surface area contributed by atoms with E-state index in [2.05, 4.69) is 32.3 Å². The van der Waals surface area contributed by atoms with Gasteiger partial charge in [-0.05, 0) is 42.3 Å². The Bertz CT molecular complexity index is 927. The first-order valence-electron chi connectivity index (χ1n) is 8.29. The number of amidine groups is 1. The topological polar surface area (TPSA) is 85.8 Å². The SMILES string of the molecule is Cc1cncc(Oc2ccc(C=NN=C(N)SCc3ccccc3)cc2)n1. The quantitative estimate of drug-likeness (QED) is 0.396. The van der Waals surface area contributed by atoms with Crippen molar-refractivity contribution in [3.05, 3.63) is 83.8 Å². The molecular formula is C20H19N5OS. The molecule has 0 radical (unpaired) electrons. The van der Waals surface area contributed by atoms with Gasteiger partial charge in [-0.1, -0.05) is 42.1 Å². The molecule has 0 aliphatic carbocycles. The van der Waals surface area contributed by atoms with Gasteiger partial charge in [-0.15, -0.1) is 5.10 Å². The van der Waals surface area contributed by atoms with Crippen molar-refractivity contribution in [3.8, 4) is 11.6 Å². The van der Waals surface area contributed by atoms with Crippen LogP contribution >= 0.6 is 11.8 Å². The van der Waals surface area contributed by atoms with E-state index in [-0.39, 0.29) is 0 Å². The Kier molecular flexibility index (Phi) is 6.54. The predicted octanol–water partition coefficient (Wildman–Crippen LogP) is 4.16. The monoisotopic (exact) mass is 377 g/mol. The van der Waals surface area contributed by atoms with Crippen molar-refractivity contribution in [2.45, 2.75) is 12.7 Å². The zero-order valence-corrected chi connectivity index (χ0v) is 15.6. The molecule has 6 nitrogen and oxygen atoms in total. The summed E-state index contributed by atoms with van der Waals surface area (Å²) in [5, 5.41) is 8.47. The van der Waals surface area contributed by atoms with Crippen molar-refractivity contribution in [3.63, 3.8) is 0 Å². The molecule has 0 spiro atoms. The van der Waals surface area contributed by atoms with Crippen molar-refractivity contribution in [1.29, 1.82) is 0 Å². The van der Waals surface area contributed by atoms with E-state index >= 15 is 0 Å². The van der Waals surface area contributed by atoms with Gasteiger partial charge in [0.2, 0.25) is 5.88 Å². The third-order valence-electron chi connectivity index (χ3n) is 3.43. The Balaban J connectivity index is 1.52. The molecule has 3 aromatic rings. The molecule has 0 atom stereocenters. The summed E-state index contributed by atoms with van der Waals surface area (Å²) in [6, 6.07) is 17.5. The highest BCUT2D eigenvalue weighted by atomic mass is 32.2. The molecule has 1 heterocycles. The second-order valence-corrected chi connectivity index (χ2v) is 6.62. The van der Waals surface area contributed by atoms with Crippen LogP contribution in [0.1, 0.15) is 16.8 Å². The average Bonchev–Trinajstić information content (AvgIpc) is 2.69. The maximum atomic E-state index is 5.87. The molecule has 1 aromatic heterocycles. The lowest BCUT2D eigenvalue weighted by Gasteiger charge is -2.04. The normalized spacial score (nSPS) is 11.7. The zero-order chi connectivity index (χ0) is 18.9. The summed E-state index contributed by atoms with van der Waals surface area (Å²) >= 11 is 1.45. The van der Waals surface area contributed by atoms with E-state index in [4.69, 9.17) is 10.5 Å². The highest BCUT2D eigenvalue weighted by Crippen LogP contribution is 2.19. The largest absolute Gasteiger partial charge is 0.437 e. The van der Waals surface area contributed by atoms with Crippen LogP contribution in [0.5, 0.6) is 11.6 Å². The molecule has 0 unspecified atom stereocenters. The van der Waals surface area contributed by atoms with Gasteiger partial charge < -0.3 is 10.5 Å². The third kappa shape index (κ3) is 6.23. The number of ether oxygens (including phenoxy) is 1. The van der Waals surface area contributed by atoms with Crippen LogP contribution in [0.3, 0.4) is 0 Å². The minimum Gasteiger partial charge on any atom is -0.437 e. The number of rotatable bonds is 6. The number of aromatic nitrogens is 2. The van der Waals surface area contributed by atoms with Gasteiger partial charge >= 0.3 is 0 Å². The first-order chi connectivity index (χ1) is 13.2. The van der Waals surface area contributed by atoms with Crippen LogP contribution < -0.4 is 10.5 Å². The van der Waals surface area contributed by atoms with Gasteiger partial charge in [0.15, 0.2) is 5.17 Å². The molecule has 0 saturated heterocycles. The molecule has 3 rings (SSSR count). The summed E-state index contributed by atoms with van der Waals surface area (Å²) in [6.45, 7) is 1.86. The van der Waals surface area contributed by atoms with E-state index in [0.717, 1.165) is 17.0 Å². The highest BCUT2D eigenvalue weighted by molar-refractivity contribution is 8.13. The van der Waals surface area contributed by atoms with Crippen LogP contribution in [0, 0.1) is 6.92 Å². The van der Waals surface area contributed by atoms with Crippen LogP contribution in [0.15, 0.2) is 77.2 Å². The van der Waals surface area contributed by atoms with E-state index in [9.17, 15) is 0 Å². The van der Waals surface area contributed by atoms with E-state index in [1.807, 2.05) is 49.4 Å². The Morgan fingerprint density at radius 1 is 1.11 bits per heavy atom. The summed E-state index contributed by atoms with van der Waals surface area (Å²) in [6.07, 6.45) is 4.90. The summed E-state index contributed by atoms with van der Waals surface area (Å²) in [5.74, 6) is 1.90. The minimum atomic E-state index is 0.424. The number of thioether (sulfide) groups is 1. The lowest BCUT2D eigenvalue weighted by molar-refractivity contribution is 0.458. The maximum absolute atomic E-state index is 5.87. The molecule has 0 aliphatic rings. The molecule has 0 bridgehead atoms. The van der Waals surface area contributed by atoms with Gasteiger partial charge in [0.25, 0.3) is 0 Å². The second-order valence-electron chi connectivity index (χ2n) is 5.63. The Morgan fingerprint density at radius 3 is 2.63 bits per heavy atom. The van der Waals surface area contributed by atoms with Gasteiger partial charge in [0.05, 0.1) is 18.1 Å². The molecule has 2 aromatic carbocycles. The van der Waals surface area contributed by atoms with Crippen molar-refractivity contribution < 1.29 is 4.74 Å². The van der Waals surface area contributed by atoms with E-state index in [0.29, 0.717) is 16.8 Å². The van der Waals surface area contributed by atoms with Crippen molar-refractivity contribution in [2.75, 3.05) is 0 Å². The Morgan fingerprint density at radius 2 is 1.89 bits per heavy atom. The molecule has 0 fully saturated rings. The zero-order valence-electron chi connectivity index (χ0n) is 14.8. The second kappa shape index (κ2) is 9.49. The molecule has 0 amide bonds. The molecule has 27 heavy (non-hydrogen) atoms. The molecule has 0 aliphatic heterocycles. The fourth-order valence-electron chi connectivity index (χ4n) is 2.15. The smallest absolute Gasteiger partial charge is 0.238 e. The van der Waals surface area contributed by atoms with Gasteiger partial charge in [-0.25, -0.2) is 4.98 Å². The van der Waals surface area contributed by atoms with E-state index in [1.165, 1.54) is 17.3 Å². The summed E-state index contributed by atoms with van der Waals surface area (Å²) in [5.41, 5.74) is 8.76. The number of benzene rings is 2. The van der Waals surface area contributed by atoms with Crippen molar-refractivity contribution >= 4 is 23.1 Å². The molecule has 7 heteroatoms. The molecule has 136 valence electrons. The van der Waals surface area contributed by atoms with Crippen LogP contribution in [-0.2, 0) is 5.75 Å². The standard InChI is InChI=1S/C20H19N5OS/c1-15-11-22-13-19(24-15)26-18-9-7-16(8-10-18)12-23-25-20(21)27-14-17-5-3-2-4-6-17/h2-13H,14H2,1H3,(H2,21,25).